The highest BCUT2D eigenvalue weighted by molar-refractivity contribution is 5.80. The van der Waals surface area contributed by atoms with Crippen molar-refractivity contribution in [3.8, 4) is 0 Å². The second-order valence-corrected chi connectivity index (χ2v) is 19.8. The second-order valence-electron chi connectivity index (χ2n) is 19.8. The van der Waals surface area contributed by atoms with Gasteiger partial charge >= 0.3 is 5.97 Å². The first-order valence-electron chi connectivity index (χ1n) is 28.9. The molecular weight excluding hydrogens is 907 g/mol. The van der Waals surface area contributed by atoms with E-state index in [9.17, 15) is 35.1 Å². The summed E-state index contributed by atoms with van der Waals surface area (Å²) in [5.74, 6) is -1.24. The normalized spacial score (nSPS) is 20.1. The Morgan fingerprint density at radius 2 is 1.00 bits per heavy atom. The third-order valence-electron chi connectivity index (χ3n) is 13.2. The first-order chi connectivity index (χ1) is 35.2. The van der Waals surface area contributed by atoms with E-state index in [4.69, 9.17) is 14.2 Å². The molecule has 1 fully saturated rings. The molecule has 11 nitrogen and oxygen atoms in total. The van der Waals surface area contributed by atoms with E-state index in [1.54, 1.807) is 6.08 Å². The Bertz CT molecular complexity index is 1490. The first-order valence-corrected chi connectivity index (χ1v) is 28.9. The highest BCUT2D eigenvalue weighted by Gasteiger charge is 2.47. The number of hydrogen-bond donors (Lipinski definition) is 6. The van der Waals surface area contributed by atoms with E-state index >= 15 is 0 Å². The molecule has 0 bridgehead atoms. The number of nitrogens with one attached hydrogen (secondary N) is 1. The van der Waals surface area contributed by atoms with Gasteiger partial charge in [-0.25, -0.2) is 0 Å². The van der Waals surface area contributed by atoms with Crippen molar-refractivity contribution >= 4 is 11.9 Å². The maximum atomic E-state index is 13.4. The fourth-order valence-electron chi connectivity index (χ4n) is 8.62. The van der Waals surface area contributed by atoms with Crippen molar-refractivity contribution in [2.75, 3.05) is 13.2 Å². The smallest absolute Gasteiger partial charge is 0.306 e. The van der Waals surface area contributed by atoms with Crippen LogP contribution in [0.1, 0.15) is 226 Å². The molecule has 72 heavy (non-hydrogen) atoms. The highest BCUT2D eigenvalue weighted by atomic mass is 16.7. The number of aliphatic hydroxyl groups is 5. The summed E-state index contributed by atoms with van der Waals surface area (Å²) in [7, 11) is 0. The largest absolute Gasteiger partial charge is 0.454 e. The van der Waals surface area contributed by atoms with Crippen LogP contribution in [0, 0.1) is 0 Å². The quantitative estimate of drug-likeness (QED) is 0.0149. The van der Waals surface area contributed by atoms with Crippen molar-refractivity contribution in [3.63, 3.8) is 0 Å². The van der Waals surface area contributed by atoms with Crippen molar-refractivity contribution in [3.05, 3.63) is 85.1 Å². The maximum absolute atomic E-state index is 13.4. The van der Waals surface area contributed by atoms with Crippen LogP contribution in [-0.2, 0) is 23.8 Å². The molecule has 0 radical (unpaired) electrons. The Morgan fingerprint density at radius 3 is 1.50 bits per heavy atom. The van der Waals surface area contributed by atoms with Crippen LogP contribution in [-0.4, -0.2) is 99.6 Å². The standard InChI is InChI=1S/C61H105NO10/c1-4-7-10-13-16-19-22-25-27-28-30-33-36-39-42-45-48-54(65)60(69)62-52(53(64)47-44-41-38-35-32-29-24-21-18-15-12-9-6-3)51-70-61-59(58(68)57(67)55(50-63)71-61)72-56(66)49-46-43-40-37-34-31-26-23-20-17-14-11-8-5-2/h7,10,13,16,19,22,25,27-28,30,33,36,44,47,52-55,57-59,61,63-65,67-68H,4-6,8-9,11-12,14-15,17-18,20-21,23-24,26,29,31-32,34-35,37-43,45-46,48-51H2,1-3H3,(H,62,69)/b10-7-,16-13+,22-19+,27-25-,30-28+,36-33+,47-44+. The SMILES string of the molecule is CC\C=C/C=C/C=C/C=C\C=C\C=C\CCCCC(O)C(=O)NC(COC1OC(CO)C(O)C(O)C1OC(=O)CCCCCCCCCCCCCCCC)C(O)/C=C/CCCCCCCCCCCCC. The van der Waals surface area contributed by atoms with Crippen LogP contribution in [0.3, 0.4) is 0 Å². The first kappa shape index (κ1) is 66.9. The Labute approximate surface area is 438 Å². The number of allylic oxidation sites excluding steroid dienone is 13. The van der Waals surface area contributed by atoms with Crippen molar-refractivity contribution in [2.45, 2.75) is 275 Å². The van der Waals surface area contributed by atoms with Crippen LogP contribution in [0.5, 0.6) is 0 Å². The lowest BCUT2D eigenvalue weighted by molar-refractivity contribution is -0.305. The fourth-order valence-corrected chi connectivity index (χ4v) is 8.62. The van der Waals surface area contributed by atoms with Gasteiger partial charge in [0.25, 0.3) is 0 Å². The van der Waals surface area contributed by atoms with Gasteiger partial charge in [0.15, 0.2) is 12.4 Å². The number of amides is 1. The molecule has 8 unspecified atom stereocenters. The lowest BCUT2D eigenvalue weighted by Gasteiger charge is -2.41. The van der Waals surface area contributed by atoms with Crippen LogP contribution >= 0.6 is 0 Å². The van der Waals surface area contributed by atoms with Gasteiger partial charge in [-0.3, -0.25) is 9.59 Å². The number of ether oxygens (including phenoxy) is 3. The Balaban J connectivity index is 2.79. The zero-order valence-corrected chi connectivity index (χ0v) is 45.5. The van der Waals surface area contributed by atoms with Crippen molar-refractivity contribution < 1.29 is 49.3 Å². The second kappa shape index (κ2) is 48.8. The molecule has 0 aromatic heterocycles. The zero-order chi connectivity index (χ0) is 52.5. The predicted molar refractivity (Wildman–Crippen MR) is 296 cm³/mol. The summed E-state index contributed by atoms with van der Waals surface area (Å²) in [6.07, 6.45) is 51.9. The third-order valence-corrected chi connectivity index (χ3v) is 13.2. The van der Waals surface area contributed by atoms with Crippen molar-refractivity contribution in [1.29, 1.82) is 0 Å². The molecule has 0 aromatic carbocycles. The maximum Gasteiger partial charge on any atom is 0.306 e. The van der Waals surface area contributed by atoms with E-state index in [-0.39, 0.29) is 19.4 Å². The minimum Gasteiger partial charge on any atom is -0.454 e. The van der Waals surface area contributed by atoms with Crippen LogP contribution in [0.15, 0.2) is 85.1 Å². The highest BCUT2D eigenvalue weighted by Crippen LogP contribution is 2.26. The molecule has 8 atom stereocenters. The van der Waals surface area contributed by atoms with Crippen LogP contribution in [0.4, 0.5) is 0 Å². The number of unbranched alkanes of at least 4 members (excludes halogenated alkanes) is 26. The average molecular weight is 1010 g/mol. The summed E-state index contributed by atoms with van der Waals surface area (Å²) in [5, 5.41) is 56.8. The molecule has 1 aliphatic rings. The van der Waals surface area contributed by atoms with E-state index in [1.165, 1.54) is 116 Å². The van der Waals surface area contributed by atoms with Gasteiger partial charge in [0.1, 0.15) is 24.4 Å². The molecule has 414 valence electrons. The van der Waals surface area contributed by atoms with Gasteiger partial charge in [-0.15, -0.1) is 0 Å². The summed E-state index contributed by atoms with van der Waals surface area (Å²) < 4.78 is 17.6. The number of esters is 1. The van der Waals surface area contributed by atoms with E-state index < -0.39 is 67.4 Å². The molecule has 1 amide bonds. The molecule has 11 heteroatoms. The van der Waals surface area contributed by atoms with Gasteiger partial charge in [-0.1, -0.05) is 260 Å². The summed E-state index contributed by atoms with van der Waals surface area (Å²) in [5.41, 5.74) is 0. The number of carbonyl (C=O) groups is 2. The Morgan fingerprint density at radius 1 is 0.556 bits per heavy atom. The number of carbonyl (C=O) groups excluding carboxylic acids is 2. The summed E-state index contributed by atoms with van der Waals surface area (Å²) in [6, 6.07) is -1.05. The van der Waals surface area contributed by atoms with Gasteiger partial charge in [-0.2, -0.15) is 0 Å². The fraction of sp³-hybridized carbons (Fsp3) is 0.738. The molecule has 0 spiro atoms. The van der Waals surface area contributed by atoms with Gasteiger partial charge in [0.2, 0.25) is 5.91 Å². The van der Waals surface area contributed by atoms with Gasteiger partial charge in [0, 0.05) is 6.42 Å². The molecule has 1 heterocycles. The molecule has 1 rings (SSSR count). The van der Waals surface area contributed by atoms with Crippen molar-refractivity contribution in [1.82, 2.24) is 5.32 Å². The monoisotopic (exact) mass is 1010 g/mol. The molecule has 1 saturated heterocycles. The summed E-state index contributed by atoms with van der Waals surface area (Å²) in [6.45, 7) is 5.60. The Hall–Kier alpha value is -3.16. The summed E-state index contributed by atoms with van der Waals surface area (Å²) >= 11 is 0. The minimum absolute atomic E-state index is 0.117. The number of aliphatic hydroxyl groups excluding tert-OH is 5. The van der Waals surface area contributed by atoms with E-state index in [2.05, 4.69) is 32.2 Å². The van der Waals surface area contributed by atoms with Gasteiger partial charge in [0.05, 0.1) is 25.4 Å². The topological polar surface area (TPSA) is 175 Å². The van der Waals surface area contributed by atoms with E-state index in [0.717, 1.165) is 64.2 Å². The van der Waals surface area contributed by atoms with Gasteiger partial charge in [-0.05, 0) is 44.9 Å². The molecule has 6 N–H and O–H groups in total. The molecule has 1 aliphatic heterocycles. The molecule has 0 aromatic rings. The molecule has 0 saturated carbocycles. The predicted octanol–water partition coefficient (Wildman–Crippen LogP) is 13.0. The van der Waals surface area contributed by atoms with E-state index in [1.807, 2.05) is 72.9 Å². The average Bonchev–Trinajstić information content (AvgIpc) is 3.38. The number of hydrogen-bond acceptors (Lipinski definition) is 10. The minimum atomic E-state index is -1.62. The van der Waals surface area contributed by atoms with E-state index in [0.29, 0.717) is 12.8 Å². The lowest BCUT2D eigenvalue weighted by atomic mass is 9.99. The Kier molecular flexibility index (Phi) is 45.3. The number of rotatable bonds is 47. The van der Waals surface area contributed by atoms with Crippen molar-refractivity contribution in [2.24, 2.45) is 0 Å². The van der Waals surface area contributed by atoms with Crippen LogP contribution < -0.4 is 5.32 Å². The van der Waals surface area contributed by atoms with Crippen LogP contribution in [0.2, 0.25) is 0 Å². The molecule has 0 aliphatic carbocycles. The zero-order valence-electron chi connectivity index (χ0n) is 45.5. The summed E-state index contributed by atoms with van der Waals surface area (Å²) in [4.78, 5) is 26.4. The van der Waals surface area contributed by atoms with Gasteiger partial charge < -0.3 is 45.1 Å². The lowest BCUT2D eigenvalue weighted by Crippen LogP contribution is -2.61. The van der Waals surface area contributed by atoms with Crippen LogP contribution in [0.25, 0.3) is 0 Å². The third kappa shape index (κ3) is 36.7. The molecular formula is C61H105NO10.